The van der Waals surface area contributed by atoms with Gasteiger partial charge in [0, 0.05) is 10.1 Å². The Balaban J connectivity index is 1.75. The van der Waals surface area contributed by atoms with Gasteiger partial charge in [-0.15, -0.1) is 6.58 Å². The van der Waals surface area contributed by atoms with Crippen LogP contribution in [0.2, 0.25) is 15.1 Å². The highest BCUT2D eigenvalue weighted by molar-refractivity contribution is 6.99. The molecule has 0 aromatic heterocycles. The van der Waals surface area contributed by atoms with Crippen LogP contribution in [-0.2, 0) is 37.0 Å². The smallest absolute Gasteiger partial charge is 0.349 e. The SMILES string of the molecule is C=CC[C@]1(C)O[C@@H]2CO[Si](C(C)(C)C)(C(C)(C)C)O[C@H]2[C@H](O[Si](c2ccccc2)(c2ccccc2)C(C)(C)C)[C@H]1OC(=O)[C@H]1COC(C)(C)O1. The number of fused-ring (bicyclic) bond motifs is 1. The van der Waals surface area contributed by atoms with Crippen LogP contribution in [0.25, 0.3) is 0 Å². The third-order valence-electron chi connectivity index (χ3n) is 10.5. The minimum absolute atomic E-state index is 0.0955. The van der Waals surface area contributed by atoms with E-state index in [-0.39, 0.29) is 21.7 Å². The molecule has 0 radical (unpaired) electrons. The highest BCUT2D eigenvalue weighted by Crippen LogP contribution is 2.56. The summed E-state index contributed by atoms with van der Waals surface area (Å²) in [5, 5.41) is 1.29. The molecule has 5 rings (SSSR count). The molecule has 3 aliphatic rings. The van der Waals surface area contributed by atoms with E-state index in [9.17, 15) is 4.79 Å². The first kappa shape index (κ1) is 39.1. The Kier molecular flexibility index (Phi) is 10.7. The molecule has 2 aromatic carbocycles. The van der Waals surface area contributed by atoms with Crippen molar-refractivity contribution < 1.29 is 37.0 Å². The fraction of sp³-hybridized carbons (Fsp3) is 0.625. The highest BCUT2D eigenvalue weighted by atomic mass is 28.4. The summed E-state index contributed by atoms with van der Waals surface area (Å²) < 4.78 is 47.9. The van der Waals surface area contributed by atoms with Crippen molar-refractivity contribution >= 4 is 33.2 Å². The second kappa shape index (κ2) is 13.7. The van der Waals surface area contributed by atoms with Crippen molar-refractivity contribution in [3.05, 3.63) is 73.3 Å². The molecular formula is C40H60O8Si2. The van der Waals surface area contributed by atoms with Crippen LogP contribution < -0.4 is 10.4 Å². The number of ether oxygens (including phenoxy) is 4. The number of hydrogen-bond donors (Lipinski definition) is 0. The van der Waals surface area contributed by atoms with Crippen molar-refractivity contribution in [1.29, 1.82) is 0 Å². The zero-order valence-electron chi connectivity index (χ0n) is 32.3. The van der Waals surface area contributed by atoms with E-state index in [4.69, 9.17) is 32.2 Å². The van der Waals surface area contributed by atoms with Gasteiger partial charge in [-0.3, -0.25) is 0 Å². The van der Waals surface area contributed by atoms with Crippen molar-refractivity contribution in [2.45, 2.75) is 147 Å². The van der Waals surface area contributed by atoms with Crippen molar-refractivity contribution in [3.63, 3.8) is 0 Å². The van der Waals surface area contributed by atoms with Crippen LogP contribution in [0.4, 0.5) is 0 Å². The van der Waals surface area contributed by atoms with Gasteiger partial charge >= 0.3 is 14.5 Å². The summed E-state index contributed by atoms with van der Waals surface area (Å²) >= 11 is 0. The molecule has 3 aliphatic heterocycles. The first-order valence-electron chi connectivity index (χ1n) is 18.0. The fourth-order valence-corrected chi connectivity index (χ4v) is 18.1. The molecule has 0 N–H and O–H groups in total. The molecule has 10 heteroatoms. The predicted octanol–water partition coefficient (Wildman–Crippen LogP) is 7.19. The Morgan fingerprint density at radius 2 is 1.42 bits per heavy atom. The van der Waals surface area contributed by atoms with Crippen LogP contribution in [0.1, 0.15) is 89.5 Å². The van der Waals surface area contributed by atoms with Gasteiger partial charge in [-0.25, -0.2) is 4.79 Å². The molecule has 3 saturated heterocycles. The van der Waals surface area contributed by atoms with Gasteiger partial charge in [-0.05, 0) is 42.6 Å². The minimum atomic E-state index is -3.22. The second-order valence-electron chi connectivity index (χ2n) is 17.9. The Labute approximate surface area is 302 Å². The van der Waals surface area contributed by atoms with E-state index in [0.29, 0.717) is 13.0 Å². The molecule has 50 heavy (non-hydrogen) atoms. The summed E-state index contributed by atoms with van der Waals surface area (Å²) in [4.78, 5) is 14.1. The Morgan fingerprint density at radius 1 is 0.880 bits per heavy atom. The van der Waals surface area contributed by atoms with Gasteiger partial charge in [0.25, 0.3) is 8.32 Å². The molecule has 6 atom stereocenters. The topological polar surface area (TPSA) is 81.7 Å². The molecule has 0 aliphatic carbocycles. The van der Waals surface area contributed by atoms with E-state index in [1.807, 2.05) is 25.1 Å². The van der Waals surface area contributed by atoms with E-state index < -0.39 is 64.8 Å². The number of hydrogen-bond acceptors (Lipinski definition) is 8. The molecule has 0 unspecified atom stereocenters. The maximum absolute atomic E-state index is 14.1. The lowest BCUT2D eigenvalue weighted by molar-refractivity contribution is -0.281. The molecule has 3 fully saturated rings. The highest BCUT2D eigenvalue weighted by Gasteiger charge is 2.68. The lowest BCUT2D eigenvalue weighted by Crippen LogP contribution is -2.77. The first-order valence-corrected chi connectivity index (χ1v) is 21.7. The van der Waals surface area contributed by atoms with Gasteiger partial charge in [-0.2, -0.15) is 0 Å². The van der Waals surface area contributed by atoms with Crippen LogP contribution >= 0.6 is 0 Å². The molecule has 8 nitrogen and oxygen atoms in total. The van der Waals surface area contributed by atoms with E-state index in [1.54, 1.807) is 13.8 Å². The Morgan fingerprint density at radius 3 is 1.86 bits per heavy atom. The van der Waals surface area contributed by atoms with Crippen LogP contribution in [-0.4, -0.2) is 78.0 Å². The first-order chi connectivity index (χ1) is 23.1. The van der Waals surface area contributed by atoms with Crippen molar-refractivity contribution in [3.8, 4) is 0 Å². The van der Waals surface area contributed by atoms with E-state index >= 15 is 0 Å². The number of benzene rings is 2. The van der Waals surface area contributed by atoms with Gasteiger partial charge in [-0.1, -0.05) is 129 Å². The zero-order chi connectivity index (χ0) is 37.0. The average Bonchev–Trinajstić information content (AvgIpc) is 3.39. The summed E-state index contributed by atoms with van der Waals surface area (Å²) in [7, 11) is -6.26. The van der Waals surface area contributed by atoms with Gasteiger partial charge in [0.05, 0.1) is 13.2 Å². The predicted molar refractivity (Wildman–Crippen MR) is 201 cm³/mol. The summed E-state index contributed by atoms with van der Waals surface area (Å²) in [5.41, 5.74) is -1.01. The summed E-state index contributed by atoms with van der Waals surface area (Å²) in [6, 6.07) is 21.0. The average molecular weight is 725 g/mol. The minimum Gasteiger partial charge on any atom is -0.454 e. The maximum Gasteiger partial charge on any atom is 0.349 e. The molecule has 0 bridgehead atoms. The number of rotatable bonds is 8. The van der Waals surface area contributed by atoms with E-state index in [1.165, 1.54) is 0 Å². The van der Waals surface area contributed by atoms with Gasteiger partial charge < -0.3 is 32.2 Å². The number of carbonyl (C=O) groups is 1. The second-order valence-corrected chi connectivity index (χ2v) is 26.9. The number of esters is 1. The molecule has 0 spiro atoms. The van der Waals surface area contributed by atoms with Crippen LogP contribution in [0.3, 0.4) is 0 Å². The molecule has 3 heterocycles. The lowest BCUT2D eigenvalue weighted by atomic mass is 9.83. The molecule has 0 saturated carbocycles. The fourth-order valence-electron chi connectivity index (χ4n) is 8.49. The largest absolute Gasteiger partial charge is 0.454 e. The molecule has 276 valence electrons. The molecule has 2 aromatic rings. The van der Waals surface area contributed by atoms with E-state index in [0.717, 1.165) is 10.4 Å². The van der Waals surface area contributed by atoms with Gasteiger partial charge in [0.2, 0.25) is 0 Å². The zero-order valence-corrected chi connectivity index (χ0v) is 34.3. The van der Waals surface area contributed by atoms with Crippen LogP contribution in [0.15, 0.2) is 73.3 Å². The normalized spacial score (nSPS) is 30.0. The number of carbonyl (C=O) groups excluding carboxylic acids is 1. The summed E-state index contributed by atoms with van der Waals surface area (Å²) in [6.45, 7) is 30.0. The standard InChI is InChI=1S/C40H60O8Si2/c1-14-25-40(13)34(44-35(41)31-26-42-39(11,12)45-31)33(32-30(46-40)27-43-50(48-32,37(5,6)7)38(8,9)10)47-49(36(2,3)4,28-21-17-15-18-22-28)29-23-19-16-20-24-29/h14-24,30-34H,1,25-27H2,2-13H3/t30-,31-,32-,33+,34-,40+/m1/s1. The Hall–Kier alpha value is -2.16. The van der Waals surface area contributed by atoms with Crippen LogP contribution in [0.5, 0.6) is 0 Å². The van der Waals surface area contributed by atoms with Gasteiger partial charge in [0.15, 0.2) is 18.0 Å². The third-order valence-corrected chi connectivity index (χ3v) is 20.7. The van der Waals surface area contributed by atoms with Crippen molar-refractivity contribution in [2.24, 2.45) is 0 Å². The monoisotopic (exact) mass is 724 g/mol. The quantitative estimate of drug-likeness (QED) is 0.161. The summed E-state index contributed by atoms with van der Waals surface area (Å²) in [5.74, 6) is -1.42. The molecular weight excluding hydrogens is 665 g/mol. The van der Waals surface area contributed by atoms with Crippen molar-refractivity contribution in [2.75, 3.05) is 13.2 Å². The summed E-state index contributed by atoms with van der Waals surface area (Å²) in [6.07, 6.45) is -1.36. The third kappa shape index (κ3) is 6.99. The Bertz CT molecular complexity index is 1440. The van der Waals surface area contributed by atoms with E-state index in [2.05, 4.69) is 117 Å². The maximum atomic E-state index is 14.1. The molecule has 0 amide bonds. The van der Waals surface area contributed by atoms with Gasteiger partial charge in [0.1, 0.15) is 23.9 Å². The van der Waals surface area contributed by atoms with Crippen molar-refractivity contribution in [1.82, 2.24) is 0 Å². The lowest BCUT2D eigenvalue weighted by Gasteiger charge is -2.61. The van der Waals surface area contributed by atoms with Crippen LogP contribution in [0, 0.1) is 0 Å².